The van der Waals surface area contributed by atoms with Crippen molar-refractivity contribution in [3.8, 4) is 0 Å². The summed E-state index contributed by atoms with van der Waals surface area (Å²) >= 11 is 3.51. The number of halogens is 4. The maximum absolute atomic E-state index is 12.2. The van der Waals surface area contributed by atoms with Gasteiger partial charge in [0, 0.05) is 24.7 Å². The van der Waals surface area contributed by atoms with Crippen LogP contribution in [0.3, 0.4) is 0 Å². The minimum atomic E-state index is -4.34. The first-order chi connectivity index (χ1) is 15.8. The zero-order chi connectivity index (χ0) is 24.3. The Balaban J connectivity index is 0.000000245. The number of anilines is 1. The van der Waals surface area contributed by atoms with E-state index in [-0.39, 0.29) is 6.54 Å². The normalized spacial score (nSPS) is 11.0. The molecule has 1 amide bonds. The molecule has 0 fully saturated rings. The number of nitrogens with zero attached hydrogens (tertiary/aromatic N) is 2. The minimum Gasteiger partial charge on any atom is -0.382 e. The van der Waals surface area contributed by atoms with Gasteiger partial charge in [0.15, 0.2) is 0 Å². The van der Waals surface area contributed by atoms with Gasteiger partial charge in [-0.15, -0.1) is 0 Å². The van der Waals surface area contributed by atoms with E-state index in [1.165, 1.54) is 37.8 Å². The lowest BCUT2D eigenvalue weighted by molar-refractivity contribution is -0.137. The number of amides is 1. The number of rotatable bonds is 9. The van der Waals surface area contributed by atoms with Crippen molar-refractivity contribution in [2.24, 2.45) is 0 Å². The molecule has 3 rings (SSSR count). The Labute approximate surface area is 200 Å². The lowest BCUT2D eigenvalue weighted by atomic mass is 10.1. The molecule has 9 heteroatoms. The number of hydrogen-bond donors (Lipinski definition) is 2. The highest BCUT2D eigenvalue weighted by Gasteiger charge is 2.30. The fraction of sp³-hybridized carbons (Fsp3) is 0.375. The van der Waals surface area contributed by atoms with Gasteiger partial charge >= 0.3 is 6.18 Å². The van der Waals surface area contributed by atoms with Gasteiger partial charge in [0.25, 0.3) is 0 Å². The van der Waals surface area contributed by atoms with Crippen LogP contribution in [0.15, 0.2) is 47.2 Å². The van der Waals surface area contributed by atoms with E-state index in [0.29, 0.717) is 12.0 Å². The van der Waals surface area contributed by atoms with Crippen LogP contribution in [-0.4, -0.2) is 22.9 Å². The molecule has 0 radical (unpaired) electrons. The average molecular weight is 525 g/mol. The van der Waals surface area contributed by atoms with Crippen molar-refractivity contribution in [1.82, 2.24) is 15.3 Å². The molecule has 178 valence electrons. The second kappa shape index (κ2) is 13.1. The first-order valence-corrected chi connectivity index (χ1v) is 11.5. The molecule has 0 aliphatic heterocycles. The van der Waals surface area contributed by atoms with Gasteiger partial charge in [-0.25, -0.2) is 4.98 Å². The van der Waals surface area contributed by atoms with Crippen molar-refractivity contribution in [2.45, 2.75) is 52.3 Å². The quantitative estimate of drug-likeness (QED) is 0.187. The van der Waals surface area contributed by atoms with Gasteiger partial charge in [-0.05, 0) is 59.1 Å². The Hall–Kier alpha value is -2.68. The number of alkyl halides is 3. The molecule has 0 saturated heterocycles. The summed E-state index contributed by atoms with van der Waals surface area (Å²) in [5.74, 6) is 0. The first kappa shape index (κ1) is 26.6. The zero-order valence-corrected chi connectivity index (χ0v) is 20.3. The van der Waals surface area contributed by atoms with E-state index in [4.69, 9.17) is 0 Å². The standard InChI is InChI=1S/C15H20BrN3.C9H8F3NO/c1-3-4-5-6-9-17-13-11(2)19-15(16)12-8-7-10-18-14(12)13;10-9(11,12)8-3-1-2-7(4-8)5-13-6-14/h7-8,10,17H,3-6,9H2,1-2H3;1-4,6H,5H2,(H,13,14). The van der Waals surface area contributed by atoms with Gasteiger partial charge in [0.1, 0.15) is 4.60 Å². The lowest BCUT2D eigenvalue weighted by Crippen LogP contribution is -2.11. The van der Waals surface area contributed by atoms with Crippen LogP contribution in [-0.2, 0) is 17.5 Å². The molecule has 0 spiro atoms. The second-order valence-electron chi connectivity index (χ2n) is 7.45. The highest BCUT2D eigenvalue weighted by molar-refractivity contribution is 9.10. The van der Waals surface area contributed by atoms with Crippen molar-refractivity contribution >= 4 is 38.9 Å². The minimum absolute atomic E-state index is 0.105. The van der Waals surface area contributed by atoms with Crippen LogP contribution in [0.25, 0.3) is 10.9 Å². The molecule has 0 aliphatic carbocycles. The number of hydrogen-bond acceptors (Lipinski definition) is 4. The number of benzene rings is 1. The monoisotopic (exact) mass is 524 g/mol. The maximum atomic E-state index is 12.2. The summed E-state index contributed by atoms with van der Waals surface area (Å²) in [6, 6.07) is 8.81. The summed E-state index contributed by atoms with van der Waals surface area (Å²) < 4.78 is 37.5. The SMILES string of the molecule is CCCCCCNc1c(C)nc(Br)c2cccnc12.O=CNCc1cccc(C(F)(F)F)c1. The Kier molecular flexibility index (Phi) is 10.6. The van der Waals surface area contributed by atoms with Gasteiger partial charge in [0.05, 0.1) is 22.5 Å². The van der Waals surface area contributed by atoms with Crippen molar-refractivity contribution in [3.05, 3.63) is 64.0 Å². The van der Waals surface area contributed by atoms with Crippen LogP contribution in [0.4, 0.5) is 18.9 Å². The van der Waals surface area contributed by atoms with Gasteiger partial charge in [-0.2, -0.15) is 13.2 Å². The lowest BCUT2D eigenvalue weighted by Gasteiger charge is -2.12. The van der Waals surface area contributed by atoms with Crippen molar-refractivity contribution < 1.29 is 18.0 Å². The first-order valence-electron chi connectivity index (χ1n) is 10.8. The number of nitrogens with one attached hydrogen (secondary N) is 2. The van der Waals surface area contributed by atoms with Gasteiger partial charge in [-0.3, -0.25) is 9.78 Å². The predicted molar refractivity (Wildman–Crippen MR) is 129 cm³/mol. The topological polar surface area (TPSA) is 66.9 Å². The molecule has 33 heavy (non-hydrogen) atoms. The Morgan fingerprint density at radius 2 is 1.91 bits per heavy atom. The number of fused-ring (bicyclic) bond motifs is 1. The summed E-state index contributed by atoms with van der Waals surface area (Å²) in [5.41, 5.74) is 2.77. The molecule has 0 aliphatic rings. The maximum Gasteiger partial charge on any atom is 0.416 e. The molecule has 3 aromatic rings. The fourth-order valence-corrected chi connectivity index (χ4v) is 3.79. The van der Waals surface area contributed by atoms with Gasteiger partial charge in [0.2, 0.25) is 6.41 Å². The molecule has 2 heterocycles. The summed E-state index contributed by atoms with van der Waals surface area (Å²) in [6.07, 6.45) is 2.98. The molecule has 0 unspecified atom stereocenters. The number of pyridine rings is 2. The van der Waals surface area contributed by atoms with Crippen LogP contribution in [0, 0.1) is 6.92 Å². The Bertz CT molecular complexity index is 1040. The van der Waals surface area contributed by atoms with E-state index in [0.717, 1.165) is 45.6 Å². The van der Waals surface area contributed by atoms with E-state index in [2.05, 4.69) is 43.5 Å². The molecular formula is C24H28BrF3N4O. The predicted octanol–water partition coefficient (Wildman–Crippen LogP) is 6.64. The zero-order valence-electron chi connectivity index (χ0n) is 18.7. The van der Waals surface area contributed by atoms with Crippen molar-refractivity contribution in [1.29, 1.82) is 0 Å². The third-order valence-electron chi connectivity index (χ3n) is 4.87. The molecule has 0 saturated carbocycles. The van der Waals surface area contributed by atoms with Gasteiger partial charge in [-0.1, -0.05) is 38.3 Å². The van der Waals surface area contributed by atoms with E-state index >= 15 is 0 Å². The Morgan fingerprint density at radius 3 is 2.61 bits per heavy atom. The van der Waals surface area contributed by atoms with E-state index in [1.807, 2.05) is 25.3 Å². The molecule has 1 aromatic carbocycles. The van der Waals surface area contributed by atoms with Crippen molar-refractivity contribution in [3.63, 3.8) is 0 Å². The smallest absolute Gasteiger partial charge is 0.382 e. The van der Waals surface area contributed by atoms with E-state index in [9.17, 15) is 18.0 Å². The van der Waals surface area contributed by atoms with E-state index < -0.39 is 11.7 Å². The second-order valence-corrected chi connectivity index (χ2v) is 8.20. The van der Waals surface area contributed by atoms with Crippen LogP contribution >= 0.6 is 15.9 Å². The molecular weight excluding hydrogens is 497 g/mol. The highest BCUT2D eigenvalue weighted by Crippen LogP contribution is 2.30. The number of aryl methyl sites for hydroxylation is 1. The van der Waals surface area contributed by atoms with Crippen LogP contribution < -0.4 is 10.6 Å². The largest absolute Gasteiger partial charge is 0.416 e. The highest BCUT2D eigenvalue weighted by atomic mass is 79.9. The van der Waals surface area contributed by atoms with Crippen molar-refractivity contribution in [2.75, 3.05) is 11.9 Å². The average Bonchev–Trinajstić information content (AvgIpc) is 2.79. The Morgan fingerprint density at radius 1 is 1.12 bits per heavy atom. The summed E-state index contributed by atoms with van der Waals surface area (Å²) in [4.78, 5) is 18.9. The summed E-state index contributed by atoms with van der Waals surface area (Å²) in [5, 5.41) is 6.85. The molecule has 5 nitrogen and oxygen atoms in total. The third kappa shape index (κ3) is 8.31. The number of carbonyl (C=O) groups excluding carboxylic acids is 1. The number of aromatic nitrogens is 2. The third-order valence-corrected chi connectivity index (χ3v) is 5.47. The number of unbranched alkanes of at least 4 members (excludes halogenated alkanes) is 3. The van der Waals surface area contributed by atoms with Crippen LogP contribution in [0.1, 0.15) is 49.4 Å². The molecule has 0 atom stereocenters. The fourth-order valence-electron chi connectivity index (χ4n) is 3.20. The molecule has 2 N–H and O–H groups in total. The molecule has 2 aromatic heterocycles. The van der Waals surface area contributed by atoms with E-state index in [1.54, 1.807) is 0 Å². The summed E-state index contributed by atoms with van der Waals surface area (Å²) in [7, 11) is 0. The van der Waals surface area contributed by atoms with Crippen LogP contribution in [0.2, 0.25) is 0 Å². The van der Waals surface area contributed by atoms with Gasteiger partial charge < -0.3 is 10.6 Å². The number of carbonyl (C=O) groups is 1. The summed E-state index contributed by atoms with van der Waals surface area (Å²) in [6.45, 7) is 5.34. The van der Waals surface area contributed by atoms with Crippen LogP contribution in [0.5, 0.6) is 0 Å². The molecule has 0 bridgehead atoms.